The Hall–Kier alpha value is -2.17. The summed E-state index contributed by atoms with van der Waals surface area (Å²) in [6.07, 6.45) is 3.30. The third kappa shape index (κ3) is 2.40. The van der Waals surface area contributed by atoms with Gasteiger partial charge in [0.05, 0.1) is 7.11 Å². The molecule has 0 bridgehead atoms. The zero-order valence-electron chi connectivity index (χ0n) is 10.8. The summed E-state index contributed by atoms with van der Waals surface area (Å²) in [5.41, 5.74) is 2.69. The van der Waals surface area contributed by atoms with Crippen LogP contribution in [0.3, 0.4) is 0 Å². The highest BCUT2D eigenvalue weighted by atomic mass is 16.5. The molecule has 0 fully saturated rings. The van der Waals surface area contributed by atoms with Crippen LogP contribution in [-0.4, -0.2) is 28.6 Å². The minimum absolute atomic E-state index is 0.657. The maximum Gasteiger partial charge on any atom is 0.187 e. The normalized spacial score (nSPS) is 10.2. The molecule has 0 radical (unpaired) electrons. The number of hydrogen-bond donors (Lipinski definition) is 1. The number of aromatic nitrogens is 3. The summed E-state index contributed by atoms with van der Waals surface area (Å²) in [6, 6.07) is 3.88. The second-order valence-electron chi connectivity index (χ2n) is 3.82. The van der Waals surface area contributed by atoms with Gasteiger partial charge in [0.2, 0.25) is 0 Å². The predicted molar refractivity (Wildman–Crippen MR) is 70.7 cm³/mol. The molecule has 0 aliphatic rings. The van der Waals surface area contributed by atoms with E-state index >= 15 is 0 Å². The number of nitrogens with zero attached hydrogens (tertiary/aromatic N) is 3. The number of aryl methyl sites for hydroxylation is 1. The predicted octanol–water partition coefficient (Wildman–Crippen LogP) is 2.29. The average molecular weight is 244 g/mol. The smallest absolute Gasteiger partial charge is 0.187 e. The second kappa shape index (κ2) is 5.44. The number of ether oxygens (including phenoxy) is 1. The Labute approximate surface area is 106 Å². The molecule has 5 nitrogen and oxygen atoms in total. The van der Waals surface area contributed by atoms with Crippen molar-refractivity contribution in [2.24, 2.45) is 0 Å². The lowest BCUT2D eigenvalue weighted by Gasteiger charge is -2.12. The standard InChI is InChI=1S/C13H16N4O/c1-4-14-13-12(18-3)11(16-8-17-13)10-5-6-15-9(2)7-10/h5-8H,4H2,1-3H3,(H,14,16,17). The van der Waals surface area contributed by atoms with Crippen molar-refractivity contribution in [1.29, 1.82) is 0 Å². The molecule has 5 heteroatoms. The van der Waals surface area contributed by atoms with E-state index in [1.807, 2.05) is 26.0 Å². The fourth-order valence-electron chi connectivity index (χ4n) is 1.76. The number of hydrogen-bond acceptors (Lipinski definition) is 5. The van der Waals surface area contributed by atoms with Gasteiger partial charge in [-0.3, -0.25) is 4.98 Å². The summed E-state index contributed by atoms with van der Waals surface area (Å²) in [5, 5.41) is 3.16. The Morgan fingerprint density at radius 3 is 2.78 bits per heavy atom. The molecule has 94 valence electrons. The molecule has 0 spiro atoms. The van der Waals surface area contributed by atoms with Crippen LogP contribution in [0.25, 0.3) is 11.3 Å². The van der Waals surface area contributed by atoms with Gasteiger partial charge in [0, 0.05) is 24.0 Å². The summed E-state index contributed by atoms with van der Waals surface area (Å²) in [7, 11) is 1.62. The SMILES string of the molecule is CCNc1ncnc(-c2ccnc(C)c2)c1OC. The molecular weight excluding hydrogens is 228 g/mol. The molecule has 2 heterocycles. The fourth-order valence-corrected chi connectivity index (χ4v) is 1.76. The third-order valence-corrected chi connectivity index (χ3v) is 2.52. The van der Waals surface area contributed by atoms with Gasteiger partial charge < -0.3 is 10.1 Å². The van der Waals surface area contributed by atoms with Crippen LogP contribution in [0, 0.1) is 6.92 Å². The van der Waals surface area contributed by atoms with Gasteiger partial charge in [0.1, 0.15) is 12.0 Å². The van der Waals surface area contributed by atoms with Crippen LogP contribution in [-0.2, 0) is 0 Å². The number of nitrogens with one attached hydrogen (secondary N) is 1. The minimum Gasteiger partial charge on any atom is -0.491 e. The lowest BCUT2D eigenvalue weighted by Crippen LogP contribution is -2.04. The van der Waals surface area contributed by atoms with Crippen LogP contribution in [0.1, 0.15) is 12.6 Å². The van der Waals surface area contributed by atoms with Crippen LogP contribution in [0.4, 0.5) is 5.82 Å². The van der Waals surface area contributed by atoms with Crippen molar-refractivity contribution < 1.29 is 4.74 Å². The lowest BCUT2D eigenvalue weighted by atomic mass is 10.1. The molecule has 0 aromatic carbocycles. The molecular formula is C13H16N4O. The zero-order chi connectivity index (χ0) is 13.0. The first-order valence-corrected chi connectivity index (χ1v) is 5.82. The fraction of sp³-hybridized carbons (Fsp3) is 0.308. The second-order valence-corrected chi connectivity index (χ2v) is 3.82. The van der Waals surface area contributed by atoms with E-state index in [1.54, 1.807) is 13.3 Å². The molecule has 2 aromatic heterocycles. The Morgan fingerprint density at radius 2 is 2.11 bits per heavy atom. The van der Waals surface area contributed by atoms with Gasteiger partial charge in [0.25, 0.3) is 0 Å². The van der Waals surface area contributed by atoms with E-state index in [0.717, 1.165) is 23.5 Å². The zero-order valence-corrected chi connectivity index (χ0v) is 10.8. The lowest BCUT2D eigenvalue weighted by molar-refractivity contribution is 0.414. The van der Waals surface area contributed by atoms with Crippen LogP contribution in [0.5, 0.6) is 5.75 Å². The average Bonchev–Trinajstić information content (AvgIpc) is 2.39. The van der Waals surface area contributed by atoms with E-state index in [9.17, 15) is 0 Å². The monoisotopic (exact) mass is 244 g/mol. The van der Waals surface area contributed by atoms with Crippen molar-refractivity contribution >= 4 is 5.82 Å². The molecule has 0 atom stereocenters. The highest BCUT2D eigenvalue weighted by molar-refractivity contribution is 5.72. The third-order valence-electron chi connectivity index (χ3n) is 2.52. The van der Waals surface area contributed by atoms with Crippen molar-refractivity contribution in [3.63, 3.8) is 0 Å². The first-order chi connectivity index (χ1) is 8.76. The maximum atomic E-state index is 5.42. The summed E-state index contributed by atoms with van der Waals surface area (Å²) < 4.78 is 5.42. The van der Waals surface area contributed by atoms with Crippen molar-refractivity contribution in [2.75, 3.05) is 19.0 Å². The molecule has 0 aliphatic carbocycles. The number of pyridine rings is 1. The van der Waals surface area contributed by atoms with Gasteiger partial charge >= 0.3 is 0 Å². The Balaban J connectivity index is 2.53. The Bertz CT molecular complexity index is 542. The Morgan fingerprint density at radius 1 is 1.28 bits per heavy atom. The van der Waals surface area contributed by atoms with E-state index in [0.29, 0.717) is 11.6 Å². The molecule has 0 saturated carbocycles. The van der Waals surface area contributed by atoms with Crippen LogP contribution in [0.2, 0.25) is 0 Å². The molecule has 1 N–H and O–H groups in total. The van der Waals surface area contributed by atoms with E-state index in [4.69, 9.17) is 4.74 Å². The van der Waals surface area contributed by atoms with E-state index in [2.05, 4.69) is 20.3 Å². The van der Waals surface area contributed by atoms with Gasteiger partial charge in [-0.05, 0) is 26.0 Å². The summed E-state index contributed by atoms with van der Waals surface area (Å²) in [5.74, 6) is 1.37. The first-order valence-electron chi connectivity index (χ1n) is 5.82. The summed E-state index contributed by atoms with van der Waals surface area (Å²) >= 11 is 0. The first kappa shape index (κ1) is 12.3. The Kier molecular flexibility index (Phi) is 3.72. The van der Waals surface area contributed by atoms with Gasteiger partial charge in [-0.25, -0.2) is 9.97 Å². The summed E-state index contributed by atoms with van der Waals surface area (Å²) in [6.45, 7) is 4.74. The molecule has 18 heavy (non-hydrogen) atoms. The van der Waals surface area contributed by atoms with Crippen molar-refractivity contribution in [3.05, 3.63) is 30.4 Å². The molecule has 0 aliphatic heterocycles. The summed E-state index contributed by atoms with van der Waals surface area (Å²) in [4.78, 5) is 12.7. The van der Waals surface area contributed by atoms with E-state index < -0.39 is 0 Å². The van der Waals surface area contributed by atoms with E-state index in [-0.39, 0.29) is 0 Å². The van der Waals surface area contributed by atoms with Gasteiger partial charge in [-0.15, -0.1) is 0 Å². The van der Waals surface area contributed by atoms with Gasteiger partial charge in [-0.2, -0.15) is 0 Å². The van der Waals surface area contributed by atoms with Crippen molar-refractivity contribution in [3.8, 4) is 17.0 Å². The van der Waals surface area contributed by atoms with Gasteiger partial charge in [0.15, 0.2) is 11.6 Å². The number of anilines is 1. The van der Waals surface area contributed by atoms with Crippen LogP contribution in [0.15, 0.2) is 24.7 Å². The van der Waals surface area contributed by atoms with E-state index in [1.165, 1.54) is 6.33 Å². The molecule has 0 amide bonds. The number of methoxy groups -OCH3 is 1. The van der Waals surface area contributed by atoms with Crippen molar-refractivity contribution in [1.82, 2.24) is 15.0 Å². The molecule has 0 unspecified atom stereocenters. The van der Waals surface area contributed by atoms with Crippen LogP contribution < -0.4 is 10.1 Å². The van der Waals surface area contributed by atoms with Crippen molar-refractivity contribution in [2.45, 2.75) is 13.8 Å². The molecule has 0 saturated heterocycles. The topological polar surface area (TPSA) is 59.9 Å². The van der Waals surface area contributed by atoms with Crippen LogP contribution >= 0.6 is 0 Å². The maximum absolute atomic E-state index is 5.42. The largest absolute Gasteiger partial charge is 0.491 e. The van der Waals surface area contributed by atoms with Gasteiger partial charge in [-0.1, -0.05) is 0 Å². The number of rotatable bonds is 4. The quantitative estimate of drug-likeness (QED) is 0.894. The minimum atomic E-state index is 0.657. The highest BCUT2D eigenvalue weighted by Gasteiger charge is 2.13. The molecule has 2 rings (SSSR count). The molecule has 2 aromatic rings. The highest BCUT2D eigenvalue weighted by Crippen LogP contribution is 2.32.